The second-order valence-electron chi connectivity index (χ2n) is 26.1. The minimum absolute atomic E-state index is 0.446. The SMILES string of the molecule is CCc1ccc(C)cc1.CCc1ccc(C)cc1.CCc1ccc(C)cc1.CCc1ccc(C)cc1.Cc1ccc(/C=C/c2ccc(C)cc2)cc1.Cc1ccc(/C=C/c2ccc(C)cc2)cc1.Cc1ccc(C=O)cc1.Cc1ccc(C=O)cc1.c1ccc(P(c2ccccc2)c2ccccc2)cc1. The Morgan fingerprint density at radius 1 is 0.190 bits per heavy atom. The summed E-state index contributed by atoms with van der Waals surface area (Å²) in [6.45, 7) is 29.5. The van der Waals surface area contributed by atoms with E-state index in [0.29, 0.717) is 0 Å². The van der Waals surface area contributed by atoms with Gasteiger partial charge in [0, 0.05) is 11.1 Å². The van der Waals surface area contributed by atoms with Crippen molar-refractivity contribution in [3.05, 3.63) is 445 Å². The maximum Gasteiger partial charge on any atom is 0.150 e. The van der Waals surface area contributed by atoms with Gasteiger partial charge in [0.15, 0.2) is 0 Å². The first kappa shape index (κ1) is 84.8. The Balaban J connectivity index is 0.000000216. The van der Waals surface area contributed by atoms with E-state index in [2.05, 4.69) is 393 Å². The van der Waals surface area contributed by atoms with E-state index in [1.165, 1.54) is 116 Å². The number of carbonyl (C=O) groups excluding carboxylic acids is 2. The first-order valence-electron chi connectivity index (χ1n) is 36.7. The third-order valence-electron chi connectivity index (χ3n) is 16.8. The van der Waals surface area contributed by atoms with Crippen molar-refractivity contribution in [1.82, 2.24) is 0 Å². The van der Waals surface area contributed by atoms with Crippen molar-refractivity contribution in [3.8, 4) is 0 Å². The first-order valence-corrected chi connectivity index (χ1v) is 38.1. The fourth-order valence-corrected chi connectivity index (χ4v) is 12.2. The summed E-state index contributed by atoms with van der Waals surface area (Å²) in [4.78, 5) is 20.2. The van der Waals surface area contributed by atoms with Crippen molar-refractivity contribution in [1.29, 1.82) is 0 Å². The van der Waals surface area contributed by atoms with E-state index in [0.717, 1.165) is 49.4 Å². The maximum absolute atomic E-state index is 10.1. The van der Waals surface area contributed by atoms with Crippen molar-refractivity contribution in [2.75, 3.05) is 0 Å². The molecule has 105 heavy (non-hydrogen) atoms. The molecule has 13 aromatic carbocycles. The molecule has 0 atom stereocenters. The minimum Gasteiger partial charge on any atom is -0.298 e. The van der Waals surface area contributed by atoms with Gasteiger partial charge in [0.05, 0.1) is 0 Å². The van der Waals surface area contributed by atoms with Crippen molar-refractivity contribution < 1.29 is 9.59 Å². The van der Waals surface area contributed by atoms with Crippen molar-refractivity contribution in [3.63, 3.8) is 0 Å². The Kier molecular flexibility index (Phi) is 40.1. The lowest BCUT2D eigenvalue weighted by atomic mass is 10.1. The quantitative estimate of drug-likeness (QED) is 0.0655. The number of aryl methyl sites for hydroxylation is 14. The molecule has 0 aliphatic heterocycles. The normalized spacial score (nSPS) is 10.0. The highest BCUT2D eigenvalue weighted by molar-refractivity contribution is 7.79. The van der Waals surface area contributed by atoms with Gasteiger partial charge >= 0.3 is 0 Å². The van der Waals surface area contributed by atoms with Crippen LogP contribution in [0.4, 0.5) is 0 Å². The monoisotopic (exact) mass is 1400 g/mol. The number of benzene rings is 13. The molecular formula is C102H111O2P. The Bertz CT molecular complexity index is 3950. The predicted octanol–water partition coefficient (Wildman–Crippen LogP) is 26.2. The van der Waals surface area contributed by atoms with Crippen LogP contribution in [-0.2, 0) is 25.7 Å². The molecule has 0 aliphatic rings. The molecule has 0 fully saturated rings. The van der Waals surface area contributed by atoms with E-state index in [1.807, 2.05) is 62.4 Å². The molecule has 0 spiro atoms. The van der Waals surface area contributed by atoms with Crippen molar-refractivity contribution in [2.24, 2.45) is 0 Å². The molecule has 536 valence electrons. The zero-order valence-corrected chi connectivity index (χ0v) is 65.7. The summed E-state index contributed by atoms with van der Waals surface area (Å²) in [5.74, 6) is 0. The van der Waals surface area contributed by atoms with Crippen LogP contribution in [0.25, 0.3) is 24.3 Å². The fourth-order valence-electron chi connectivity index (χ4n) is 9.86. The molecule has 0 heterocycles. The number of carbonyl (C=O) groups is 2. The van der Waals surface area contributed by atoms with E-state index >= 15 is 0 Å². The molecule has 0 amide bonds. The molecule has 0 bridgehead atoms. The van der Waals surface area contributed by atoms with Crippen LogP contribution in [0.3, 0.4) is 0 Å². The van der Waals surface area contributed by atoms with Gasteiger partial charge in [-0.3, -0.25) is 9.59 Å². The number of hydrogen-bond donors (Lipinski definition) is 0. The second-order valence-corrected chi connectivity index (χ2v) is 28.3. The molecule has 3 heteroatoms. The van der Waals surface area contributed by atoms with Gasteiger partial charge < -0.3 is 0 Å². The van der Waals surface area contributed by atoms with Crippen molar-refractivity contribution in [2.45, 2.75) is 123 Å². The van der Waals surface area contributed by atoms with E-state index in [9.17, 15) is 9.59 Å². The molecule has 13 aromatic rings. The molecule has 0 unspecified atom stereocenters. The van der Waals surface area contributed by atoms with Crippen molar-refractivity contribution >= 4 is 60.7 Å². The Morgan fingerprint density at radius 3 is 0.476 bits per heavy atom. The molecule has 0 saturated heterocycles. The molecular weight excluding hydrogens is 1290 g/mol. The van der Waals surface area contributed by atoms with Crippen LogP contribution < -0.4 is 15.9 Å². The lowest BCUT2D eigenvalue weighted by Crippen LogP contribution is -2.20. The van der Waals surface area contributed by atoms with Gasteiger partial charge in [-0.1, -0.05) is 441 Å². The number of hydrogen-bond acceptors (Lipinski definition) is 2. The largest absolute Gasteiger partial charge is 0.298 e. The molecule has 13 rings (SSSR count). The van der Waals surface area contributed by atoms with E-state index in [4.69, 9.17) is 0 Å². The zero-order valence-electron chi connectivity index (χ0n) is 64.8. The molecule has 0 radical (unpaired) electrons. The Hall–Kier alpha value is -10.9. The van der Waals surface area contributed by atoms with Gasteiger partial charge in [-0.2, -0.15) is 0 Å². The predicted molar refractivity (Wildman–Crippen MR) is 463 cm³/mol. The van der Waals surface area contributed by atoms with Gasteiger partial charge in [-0.15, -0.1) is 0 Å². The lowest BCUT2D eigenvalue weighted by molar-refractivity contribution is 0.111. The van der Waals surface area contributed by atoms with Gasteiger partial charge in [0.25, 0.3) is 0 Å². The summed E-state index contributed by atoms with van der Waals surface area (Å²) in [5.41, 5.74) is 25.0. The number of aldehydes is 2. The zero-order chi connectivity index (χ0) is 75.8. The summed E-state index contributed by atoms with van der Waals surface area (Å²) >= 11 is 0. The van der Waals surface area contributed by atoms with E-state index < -0.39 is 7.92 Å². The average molecular weight is 1400 g/mol. The van der Waals surface area contributed by atoms with Crippen LogP contribution in [0.2, 0.25) is 0 Å². The molecule has 0 aliphatic carbocycles. The van der Waals surface area contributed by atoms with Gasteiger partial charge in [0.1, 0.15) is 12.6 Å². The van der Waals surface area contributed by atoms with Gasteiger partial charge in [-0.25, -0.2) is 0 Å². The molecule has 2 nitrogen and oxygen atoms in total. The highest BCUT2D eigenvalue weighted by Crippen LogP contribution is 2.32. The third kappa shape index (κ3) is 35.7. The highest BCUT2D eigenvalue weighted by atomic mass is 31.1. The molecule has 0 N–H and O–H groups in total. The summed E-state index contributed by atoms with van der Waals surface area (Å²) in [6.07, 6.45) is 14.8. The first-order chi connectivity index (χ1) is 50.9. The van der Waals surface area contributed by atoms with Crippen LogP contribution >= 0.6 is 7.92 Å². The lowest BCUT2D eigenvalue weighted by Gasteiger charge is -2.18. The van der Waals surface area contributed by atoms with Crippen LogP contribution in [0, 0.1) is 69.2 Å². The minimum atomic E-state index is -0.446. The van der Waals surface area contributed by atoms with Crippen LogP contribution in [0.1, 0.15) is 149 Å². The maximum atomic E-state index is 10.1. The van der Waals surface area contributed by atoms with Gasteiger partial charge in [0.2, 0.25) is 0 Å². The van der Waals surface area contributed by atoms with Crippen LogP contribution in [-0.4, -0.2) is 12.6 Å². The summed E-state index contributed by atoms with van der Waals surface area (Å²) < 4.78 is 0. The average Bonchev–Trinajstić information content (AvgIpc) is 0.819. The molecule has 0 saturated carbocycles. The highest BCUT2D eigenvalue weighted by Gasteiger charge is 2.15. The summed E-state index contributed by atoms with van der Waals surface area (Å²) in [7, 11) is -0.446. The summed E-state index contributed by atoms with van der Waals surface area (Å²) in [5, 5.41) is 4.19. The topological polar surface area (TPSA) is 34.1 Å². The van der Waals surface area contributed by atoms with E-state index in [1.54, 1.807) is 0 Å². The molecule has 0 aromatic heterocycles. The second kappa shape index (κ2) is 49.7. The summed E-state index contributed by atoms with van der Waals surface area (Å²) in [6, 6.07) is 116. The Morgan fingerprint density at radius 2 is 0.333 bits per heavy atom. The Labute approximate surface area is 633 Å². The fraction of sp³-hybridized carbons (Fsp3) is 0.176. The number of rotatable bonds is 13. The van der Waals surface area contributed by atoms with E-state index in [-0.39, 0.29) is 0 Å². The standard InChI is InChI=1S/C18H15P.2C16H16.4C9H12.2C8H8O/c1-4-10-16(11-5-1)19(17-12-6-2-7-13-17)18-14-8-3-9-15-18;2*1-13-3-7-15(8-4-13)11-12-16-9-5-14(2)6-10-16;4*1-3-9-6-4-8(2)5-7-9;2*1-7-2-4-8(6-9)5-3-7/h1-15H;2*3-12H,1-2H3;4*4-7H,3H2,1-2H3;2*2-6H,1H3/b;2*12-11+;;;;;;. The smallest absolute Gasteiger partial charge is 0.150 e. The van der Waals surface area contributed by atoms with Gasteiger partial charge in [-0.05, 0) is 163 Å². The third-order valence-corrected chi connectivity index (χ3v) is 19.3. The van der Waals surface area contributed by atoms with Crippen LogP contribution in [0.15, 0.2) is 334 Å². The van der Waals surface area contributed by atoms with Crippen LogP contribution in [0.5, 0.6) is 0 Å².